The van der Waals surface area contributed by atoms with Gasteiger partial charge in [-0.15, -0.1) is 24.0 Å². The Labute approximate surface area is 168 Å². The van der Waals surface area contributed by atoms with Gasteiger partial charge in [0.05, 0.1) is 20.3 Å². The van der Waals surface area contributed by atoms with Crippen LogP contribution in [0, 0.1) is 0 Å². The molecule has 144 valence electrons. The fourth-order valence-corrected chi connectivity index (χ4v) is 2.13. The summed E-state index contributed by atoms with van der Waals surface area (Å²) >= 11 is 0. The largest absolute Gasteiger partial charge is 0.493 e. The zero-order valence-electron chi connectivity index (χ0n) is 15.8. The van der Waals surface area contributed by atoms with Crippen LogP contribution in [-0.2, 0) is 11.3 Å². The predicted octanol–water partition coefficient (Wildman–Crippen LogP) is 3.19. The molecule has 0 bridgehead atoms. The van der Waals surface area contributed by atoms with Crippen LogP contribution >= 0.6 is 24.0 Å². The number of nitrogens with zero attached hydrogens (tertiary/aromatic N) is 1. The summed E-state index contributed by atoms with van der Waals surface area (Å²) in [6, 6.07) is 5.90. The van der Waals surface area contributed by atoms with Crippen molar-refractivity contribution in [2.24, 2.45) is 4.99 Å². The number of rotatable bonds is 11. The van der Waals surface area contributed by atoms with Crippen molar-refractivity contribution >= 4 is 29.9 Å². The first-order valence-corrected chi connectivity index (χ1v) is 8.64. The van der Waals surface area contributed by atoms with E-state index in [0.717, 1.165) is 55.7 Å². The summed E-state index contributed by atoms with van der Waals surface area (Å²) in [6.45, 7) is 10.4. The molecule has 0 aliphatic heterocycles. The molecule has 0 aromatic heterocycles. The third kappa shape index (κ3) is 9.74. The lowest BCUT2D eigenvalue weighted by Crippen LogP contribution is -2.38. The first-order valence-electron chi connectivity index (χ1n) is 8.64. The Balaban J connectivity index is 0.00000576. The highest BCUT2D eigenvalue weighted by Crippen LogP contribution is 2.28. The van der Waals surface area contributed by atoms with E-state index in [1.807, 2.05) is 32.0 Å². The molecule has 0 saturated heterocycles. The van der Waals surface area contributed by atoms with E-state index in [1.165, 1.54) is 0 Å². The van der Waals surface area contributed by atoms with Crippen LogP contribution in [0.5, 0.6) is 11.5 Å². The Morgan fingerprint density at radius 2 is 1.88 bits per heavy atom. The number of nitrogens with one attached hydrogen (secondary N) is 2. The zero-order valence-corrected chi connectivity index (χ0v) is 18.1. The normalized spacial score (nSPS) is 10.8. The second kappa shape index (κ2) is 15.1. The minimum atomic E-state index is 0. The van der Waals surface area contributed by atoms with Gasteiger partial charge >= 0.3 is 0 Å². The van der Waals surface area contributed by atoms with Crippen LogP contribution in [0.15, 0.2) is 23.2 Å². The Morgan fingerprint density at radius 3 is 2.52 bits per heavy atom. The maximum absolute atomic E-state index is 5.61. The van der Waals surface area contributed by atoms with E-state index in [9.17, 15) is 0 Å². The fraction of sp³-hybridized carbons (Fsp3) is 0.611. The number of halogens is 1. The van der Waals surface area contributed by atoms with Crippen LogP contribution in [0.25, 0.3) is 0 Å². The molecule has 0 amide bonds. The van der Waals surface area contributed by atoms with Crippen molar-refractivity contribution in [2.75, 3.05) is 40.0 Å². The Kier molecular flexibility index (Phi) is 14.3. The van der Waals surface area contributed by atoms with E-state index in [0.29, 0.717) is 13.2 Å². The number of benzene rings is 1. The summed E-state index contributed by atoms with van der Waals surface area (Å²) in [4.78, 5) is 4.62. The Bertz CT molecular complexity index is 498. The maximum atomic E-state index is 5.61. The maximum Gasteiger partial charge on any atom is 0.191 e. The van der Waals surface area contributed by atoms with Gasteiger partial charge in [-0.1, -0.05) is 6.07 Å². The molecule has 25 heavy (non-hydrogen) atoms. The smallest absolute Gasteiger partial charge is 0.191 e. The summed E-state index contributed by atoms with van der Waals surface area (Å²) < 4.78 is 16.2. The number of ether oxygens (including phenoxy) is 3. The monoisotopic (exact) mass is 465 g/mol. The quantitative estimate of drug-likeness (QED) is 0.228. The molecule has 2 N–H and O–H groups in total. The summed E-state index contributed by atoms with van der Waals surface area (Å²) in [5, 5.41) is 6.56. The summed E-state index contributed by atoms with van der Waals surface area (Å²) in [5.41, 5.74) is 1.07. The standard InChI is InChI=1S/C18H31N3O3.HI/c1-5-19-18(20-11-8-12-23-6-2)21-14-15-9-10-16(22-4)17(13-15)24-7-3;/h9-10,13H,5-8,11-12,14H2,1-4H3,(H2,19,20,21);1H. The van der Waals surface area contributed by atoms with E-state index >= 15 is 0 Å². The lowest BCUT2D eigenvalue weighted by atomic mass is 10.2. The van der Waals surface area contributed by atoms with Crippen LogP contribution in [0.1, 0.15) is 32.8 Å². The van der Waals surface area contributed by atoms with Crippen LogP contribution < -0.4 is 20.1 Å². The first kappa shape index (κ1) is 23.8. The average Bonchev–Trinajstić information content (AvgIpc) is 2.60. The molecule has 0 saturated carbocycles. The van der Waals surface area contributed by atoms with Gasteiger partial charge in [0.25, 0.3) is 0 Å². The summed E-state index contributed by atoms with van der Waals surface area (Å²) in [7, 11) is 1.64. The molecular formula is C18H32IN3O3. The van der Waals surface area contributed by atoms with Crippen LogP contribution in [0.2, 0.25) is 0 Å². The molecule has 0 fully saturated rings. The van der Waals surface area contributed by atoms with Gasteiger partial charge in [-0.3, -0.25) is 0 Å². The second-order valence-corrected chi connectivity index (χ2v) is 5.09. The highest BCUT2D eigenvalue weighted by molar-refractivity contribution is 14.0. The number of aliphatic imine (C=N–C) groups is 1. The molecule has 0 unspecified atom stereocenters. The van der Waals surface area contributed by atoms with Gasteiger partial charge in [-0.05, 0) is 44.9 Å². The van der Waals surface area contributed by atoms with Crippen molar-refractivity contribution in [3.05, 3.63) is 23.8 Å². The van der Waals surface area contributed by atoms with Crippen LogP contribution in [0.3, 0.4) is 0 Å². The van der Waals surface area contributed by atoms with Crippen molar-refractivity contribution in [1.29, 1.82) is 0 Å². The molecule has 6 nitrogen and oxygen atoms in total. The molecule has 1 aromatic carbocycles. The van der Waals surface area contributed by atoms with Crippen molar-refractivity contribution < 1.29 is 14.2 Å². The molecule has 0 radical (unpaired) electrons. The van der Waals surface area contributed by atoms with Gasteiger partial charge in [-0.2, -0.15) is 0 Å². The summed E-state index contributed by atoms with van der Waals surface area (Å²) in [5.74, 6) is 2.30. The highest BCUT2D eigenvalue weighted by atomic mass is 127. The molecule has 7 heteroatoms. The molecule has 0 atom stereocenters. The third-order valence-electron chi connectivity index (χ3n) is 3.25. The zero-order chi connectivity index (χ0) is 17.6. The molecule has 0 heterocycles. The number of guanidine groups is 1. The Hall–Kier alpha value is -1.22. The SMILES string of the molecule is CCNC(=NCc1ccc(OC)c(OCC)c1)NCCCOCC.I. The van der Waals surface area contributed by atoms with E-state index in [4.69, 9.17) is 14.2 Å². The third-order valence-corrected chi connectivity index (χ3v) is 3.25. The predicted molar refractivity (Wildman–Crippen MR) is 114 cm³/mol. The van der Waals surface area contributed by atoms with Crippen molar-refractivity contribution in [3.8, 4) is 11.5 Å². The van der Waals surface area contributed by atoms with E-state index in [1.54, 1.807) is 7.11 Å². The van der Waals surface area contributed by atoms with Crippen LogP contribution in [0.4, 0.5) is 0 Å². The number of methoxy groups -OCH3 is 1. The molecule has 0 aliphatic carbocycles. The van der Waals surface area contributed by atoms with E-state index in [2.05, 4.69) is 22.5 Å². The average molecular weight is 465 g/mol. The lowest BCUT2D eigenvalue weighted by molar-refractivity contribution is 0.145. The minimum Gasteiger partial charge on any atom is -0.493 e. The molecular weight excluding hydrogens is 433 g/mol. The van der Waals surface area contributed by atoms with Gasteiger partial charge in [0.2, 0.25) is 0 Å². The molecule has 0 aliphatic rings. The van der Waals surface area contributed by atoms with Gasteiger partial charge in [-0.25, -0.2) is 4.99 Å². The molecule has 1 rings (SSSR count). The van der Waals surface area contributed by atoms with Crippen LogP contribution in [-0.4, -0.2) is 46.0 Å². The van der Waals surface area contributed by atoms with Crippen molar-refractivity contribution in [1.82, 2.24) is 10.6 Å². The molecule has 1 aromatic rings. The second-order valence-electron chi connectivity index (χ2n) is 5.09. The van der Waals surface area contributed by atoms with Crippen molar-refractivity contribution in [3.63, 3.8) is 0 Å². The topological polar surface area (TPSA) is 64.1 Å². The summed E-state index contributed by atoms with van der Waals surface area (Å²) in [6.07, 6.45) is 0.954. The van der Waals surface area contributed by atoms with Crippen molar-refractivity contribution in [2.45, 2.75) is 33.7 Å². The van der Waals surface area contributed by atoms with E-state index in [-0.39, 0.29) is 24.0 Å². The van der Waals surface area contributed by atoms with Gasteiger partial charge in [0.15, 0.2) is 17.5 Å². The number of hydrogen-bond acceptors (Lipinski definition) is 4. The first-order chi connectivity index (χ1) is 11.7. The fourth-order valence-electron chi connectivity index (χ4n) is 2.13. The van der Waals surface area contributed by atoms with Gasteiger partial charge < -0.3 is 24.8 Å². The Morgan fingerprint density at radius 1 is 1.08 bits per heavy atom. The minimum absolute atomic E-state index is 0. The van der Waals surface area contributed by atoms with E-state index < -0.39 is 0 Å². The van der Waals surface area contributed by atoms with Gasteiger partial charge in [0.1, 0.15) is 0 Å². The molecule has 0 spiro atoms. The van der Waals surface area contributed by atoms with Gasteiger partial charge in [0, 0.05) is 26.3 Å². The lowest BCUT2D eigenvalue weighted by Gasteiger charge is -2.12. The highest BCUT2D eigenvalue weighted by Gasteiger charge is 2.05. The number of hydrogen-bond donors (Lipinski definition) is 2.